The number of rotatable bonds is 25. The predicted molar refractivity (Wildman–Crippen MR) is 242 cm³/mol. The van der Waals surface area contributed by atoms with Gasteiger partial charge >= 0.3 is 5.97 Å². The minimum absolute atomic E-state index is 0.0151. The van der Waals surface area contributed by atoms with Crippen molar-refractivity contribution in [1.82, 2.24) is 41.7 Å². The monoisotopic (exact) mass is 943 g/mol. The van der Waals surface area contributed by atoms with Gasteiger partial charge in [-0.05, 0) is 76.3 Å². The third kappa shape index (κ3) is 16.1. The summed E-state index contributed by atoms with van der Waals surface area (Å²) in [7, 11) is 0. The highest BCUT2D eigenvalue weighted by atomic mass is 16.4. The normalized spacial score (nSPS) is 20.0. The number of nitrogens with two attached hydrogens (primary N) is 4. The fraction of sp³-hybridized carbons (Fsp3) is 0.619. The van der Waals surface area contributed by atoms with Crippen molar-refractivity contribution < 1.29 is 53.7 Å². The van der Waals surface area contributed by atoms with Gasteiger partial charge in [-0.2, -0.15) is 0 Å². The molecular weight excluding hydrogens is 877 g/mol. The van der Waals surface area contributed by atoms with Crippen LogP contribution in [-0.4, -0.2) is 179 Å². The van der Waals surface area contributed by atoms with Gasteiger partial charge in [-0.1, -0.05) is 30.3 Å². The van der Waals surface area contributed by atoms with E-state index in [4.69, 9.17) is 22.9 Å². The summed E-state index contributed by atoms with van der Waals surface area (Å²) in [5, 5.41) is 44.1. The number of aliphatic imine (C=N–C) groups is 2. The number of aliphatic carboxylic acids is 1. The highest BCUT2D eigenvalue weighted by molar-refractivity contribution is 5.98. The molecule has 17 N–H and O–H groups in total. The van der Waals surface area contributed by atoms with Crippen molar-refractivity contribution in [2.75, 3.05) is 45.9 Å². The summed E-state index contributed by atoms with van der Waals surface area (Å²) in [5.41, 5.74) is 22.6. The second-order valence-electron chi connectivity index (χ2n) is 16.6. The number of hydrogen-bond acceptors (Lipinski definition) is 13. The molecule has 67 heavy (non-hydrogen) atoms. The Kier molecular flexibility index (Phi) is 21.0. The van der Waals surface area contributed by atoms with Gasteiger partial charge in [-0.3, -0.25) is 43.5 Å². The molecule has 0 saturated carbocycles. The molecule has 3 fully saturated rings. The highest BCUT2D eigenvalue weighted by Gasteiger charge is 2.44. The number of aliphatic hydroxyl groups is 2. The van der Waals surface area contributed by atoms with E-state index in [1.165, 1.54) is 4.90 Å². The molecule has 3 saturated heterocycles. The Labute approximate surface area is 387 Å². The maximum Gasteiger partial charge on any atom is 0.328 e. The topological polar surface area (TPSA) is 405 Å². The molecule has 0 aromatic heterocycles. The van der Waals surface area contributed by atoms with E-state index in [-0.39, 0.29) is 81.5 Å². The van der Waals surface area contributed by atoms with Gasteiger partial charge in [-0.15, -0.1) is 0 Å². The van der Waals surface area contributed by atoms with Gasteiger partial charge in [0.2, 0.25) is 41.4 Å². The molecule has 25 heteroatoms. The van der Waals surface area contributed by atoms with Crippen LogP contribution in [0.15, 0.2) is 40.3 Å². The Hall–Kier alpha value is -6.60. The third-order valence-corrected chi connectivity index (χ3v) is 11.7. The van der Waals surface area contributed by atoms with Crippen LogP contribution in [0.5, 0.6) is 0 Å². The average Bonchev–Trinajstić information content (AvgIpc) is 4.12. The number of amides is 7. The summed E-state index contributed by atoms with van der Waals surface area (Å²) < 4.78 is 0. The molecule has 8 unspecified atom stereocenters. The van der Waals surface area contributed by atoms with Crippen LogP contribution in [-0.2, 0) is 44.8 Å². The Morgan fingerprint density at radius 1 is 0.627 bits per heavy atom. The highest BCUT2D eigenvalue weighted by Crippen LogP contribution is 2.27. The van der Waals surface area contributed by atoms with Crippen LogP contribution < -0.4 is 54.8 Å². The molecule has 7 amide bonds. The lowest BCUT2D eigenvalue weighted by Crippen LogP contribution is -2.60. The molecule has 0 spiro atoms. The first-order valence-corrected chi connectivity index (χ1v) is 22.5. The fourth-order valence-corrected chi connectivity index (χ4v) is 8.22. The number of hydrogen-bond donors (Lipinski definition) is 13. The molecule has 1 aromatic rings. The SMILES string of the molecule is NC(N)=NCCCC(NC(=O)C(CCCN=C(N)N)NC(=O)C(Cc1ccccc1)NC(=O)C1CCCN1C(=O)C1CCCN1C(=O)C1CCCN1)C(=O)NC(CO)C(=O)NC(CO)C(=O)O. The molecular formula is C42H66N14O11. The van der Waals surface area contributed by atoms with Crippen LogP contribution >= 0.6 is 0 Å². The minimum atomic E-state index is -1.74. The van der Waals surface area contributed by atoms with Crippen LogP contribution in [0.2, 0.25) is 0 Å². The number of likely N-dealkylation sites (tertiary alicyclic amines) is 2. The molecule has 3 aliphatic heterocycles. The molecule has 4 rings (SSSR count). The summed E-state index contributed by atoms with van der Waals surface area (Å²) in [6.45, 7) is -0.491. The molecule has 8 atom stereocenters. The van der Waals surface area contributed by atoms with Crippen molar-refractivity contribution in [3.05, 3.63) is 35.9 Å². The summed E-state index contributed by atoms with van der Waals surface area (Å²) in [4.78, 5) is 119. The molecule has 0 bridgehead atoms. The number of carbonyl (C=O) groups is 8. The van der Waals surface area contributed by atoms with Crippen LogP contribution in [0.1, 0.15) is 69.8 Å². The van der Waals surface area contributed by atoms with E-state index < -0.39 is 91.0 Å². The van der Waals surface area contributed by atoms with Crippen molar-refractivity contribution in [3.8, 4) is 0 Å². The summed E-state index contributed by atoms with van der Waals surface area (Å²) in [5.74, 6) is -6.89. The van der Waals surface area contributed by atoms with Crippen molar-refractivity contribution in [2.45, 2.75) is 119 Å². The van der Waals surface area contributed by atoms with E-state index in [9.17, 15) is 53.7 Å². The van der Waals surface area contributed by atoms with Gasteiger partial charge in [-0.25, -0.2) is 4.79 Å². The molecule has 3 heterocycles. The number of carboxylic acid groups (broad SMARTS) is 1. The number of guanidine groups is 2. The lowest BCUT2D eigenvalue weighted by Gasteiger charge is -2.32. The lowest BCUT2D eigenvalue weighted by molar-refractivity contribution is -0.147. The van der Waals surface area contributed by atoms with E-state index in [1.54, 1.807) is 35.2 Å². The molecule has 3 aliphatic rings. The molecule has 0 radical (unpaired) electrons. The zero-order valence-electron chi connectivity index (χ0n) is 37.4. The number of nitrogens with zero attached hydrogens (tertiary/aromatic N) is 4. The Morgan fingerprint density at radius 3 is 1.63 bits per heavy atom. The van der Waals surface area contributed by atoms with E-state index in [1.807, 2.05) is 5.32 Å². The van der Waals surface area contributed by atoms with E-state index in [0.29, 0.717) is 44.2 Å². The molecule has 0 aliphatic carbocycles. The number of nitrogens with one attached hydrogen (secondary N) is 6. The average molecular weight is 943 g/mol. The Bertz CT molecular complexity index is 1940. The number of carbonyl (C=O) groups excluding carboxylic acids is 7. The van der Waals surface area contributed by atoms with Crippen LogP contribution in [0, 0.1) is 0 Å². The van der Waals surface area contributed by atoms with E-state index >= 15 is 0 Å². The van der Waals surface area contributed by atoms with Gasteiger partial charge in [0, 0.05) is 32.6 Å². The fourth-order valence-electron chi connectivity index (χ4n) is 8.22. The summed E-state index contributed by atoms with van der Waals surface area (Å²) in [6, 6.07) is -0.812. The Balaban J connectivity index is 1.56. The summed E-state index contributed by atoms with van der Waals surface area (Å²) in [6.07, 6.45) is 3.47. The van der Waals surface area contributed by atoms with Crippen molar-refractivity contribution in [1.29, 1.82) is 0 Å². The van der Waals surface area contributed by atoms with Crippen molar-refractivity contribution >= 4 is 59.2 Å². The molecule has 25 nitrogen and oxygen atoms in total. The maximum atomic E-state index is 14.4. The molecule has 370 valence electrons. The number of carboxylic acids is 1. The first-order valence-electron chi connectivity index (χ1n) is 22.5. The zero-order valence-corrected chi connectivity index (χ0v) is 37.4. The second-order valence-corrected chi connectivity index (χ2v) is 16.6. The number of benzene rings is 1. The Morgan fingerprint density at radius 2 is 1.12 bits per heavy atom. The first-order chi connectivity index (χ1) is 32.0. The smallest absolute Gasteiger partial charge is 0.328 e. The maximum absolute atomic E-state index is 14.4. The lowest BCUT2D eigenvalue weighted by atomic mass is 10.0. The van der Waals surface area contributed by atoms with Crippen LogP contribution in [0.4, 0.5) is 0 Å². The standard InChI is InChI=1S/C42H66N14O11/c43-41(44)48-17-4-11-25(33(59)50-26(12-5-18-49-42(45)46)34(60)53-29(22-57)36(62)54-30(23-58)40(66)67)51-35(61)28(21-24-9-2-1-3-10-24)52-37(63)31-14-7-19-55(31)39(65)32-15-8-20-56(32)38(64)27-13-6-16-47-27/h1-3,9-10,25-32,47,57-58H,4-8,11-23H2,(H,50,59)(H,51,61)(H,52,63)(H,53,60)(H,54,62)(H,66,67)(H4,43,44,48)(H4,45,46,49). The van der Waals surface area contributed by atoms with Crippen molar-refractivity contribution in [3.63, 3.8) is 0 Å². The zero-order chi connectivity index (χ0) is 49.0. The van der Waals surface area contributed by atoms with Gasteiger partial charge < -0.3 is 80.0 Å². The minimum Gasteiger partial charge on any atom is -0.480 e. The number of aliphatic hydroxyl groups excluding tert-OH is 2. The van der Waals surface area contributed by atoms with E-state index in [0.717, 1.165) is 13.0 Å². The van der Waals surface area contributed by atoms with Gasteiger partial charge in [0.1, 0.15) is 42.3 Å². The second kappa shape index (κ2) is 26.5. The summed E-state index contributed by atoms with van der Waals surface area (Å²) >= 11 is 0. The first kappa shape index (κ1) is 53.0. The van der Waals surface area contributed by atoms with Gasteiger partial charge in [0.15, 0.2) is 11.9 Å². The van der Waals surface area contributed by atoms with Gasteiger partial charge in [0.05, 0.1) is 19.3 Å². The van der Waals surface area contributed by atoms with Crippen LogP contribution in [0.3, 0.4) is 0 Å². The largest absolute Gasteiger partial charge is 0.480 e. The predicted octanol–water partition coefficient (Wildman–Crippen LogP) is -5.44. The molecule has 1 aromatic carbocycles. The quantitative estimate of drug-likeness (QED) is 0.0247. The van der Waals surface area contributed by atoms with E-state index in [2.05, 4.69) is 36.6 Å². The van der Waals surface area contributed by atoms with Gasteiger partial charge in [0.25, 0.3) is 0 Å². The van der Waals surface area contributed by atoms with Crippen molar-refractivity contribution in [2.24, 2.45) is 32.9 Å². The third-order valence-electron chi connectivity index (χ3n) is 11.7. The van der Waals surface area contributed by atoms with Crippen LogP contribution in [0.25, 0.3) is 0 Å².